The maximum absolute atomic E-state index is 11.6. The number of aromatic nitrogens is 5. The zero-order valence-electron chi connectivity index (χ0n) is 15.3. The Morgan fingerprint density at radius 3 is 2.90 bits per heavy atom. The number of aliphatic hydroxyl groups excluding tert-OH is 2. The first-order chi connectivity index (χ1) is 14.1. The Balaban J connectivity index is 1.41. The highest BCUT2D eigenvalue weighted by molar-refractivity contribution is 5.82. The highest BCUT2D eigenvalue weighted by Gasteiger charge is 2.44. The Morgan fingerprint density at radius 2 is 2.14 bits per heavy atom. The summed E-state index contributed by atoms with van der Waals surface area (Å²) >= 11 is 0. The summed E-state index contributed by atoms with van der Waals surface area (Å²) in [7, 11) is 0. The summed E-state index contributed by atoms with van der Waals surface area (Å²) in [6.07, 6.45) is 2.31. The van der Waals surface area contributed by atoms with E-state index in [0.717, 1.165) is 6.42 Å². The molecular formula is C17H20N6O6. The molecule has 5 rings (SSSR count). The van der Waals surface area contributed by atoms with E-state index in [4.69, 9.17) is 13.9 Å². The number of anilines is 1. The molecule has 0 amide bonds. The number of rotatable bonds is 5. The molecule has 0 saturated carbocycles. The van der Waals surface area contributed by atoms with Crippen molar-refractivity contribution in [3.8, 4) is 0 Å². The van der Waals surface area contributed by atoms with Gasteiger partial charge in [0.15, 0.2) is 23.2 Å². The van der Waals surface area contributed by atoms with Crippen molar-refractivity contribution < 1.29 is 24.1 Å². The maximum Gasteiger partial charge on any atom is 0.418 e. The van der Waals surface area contributed by atoms with Gasteiger partial charge in [0, 0.05) is 12.8 Å². The van der Waals surface area contributed by atoms with Gasteiger partial charge >= 0.3 is 5.76 Å². The van der Waals surface area contributed by atoms with Crippen LogP contribution in [-0.4, -0.2) is 71.9 Å². The summed E-state index contributed by atoms with van der Waals surface area (Å²) in [5, 5.41) is 24.3. The molecule has 0 aliphatic carbocycles. The first-order valence-corrected chi connectivity index (χ1v) is 9.29. The van der Waals surface area contributed by atoms with Crippen LogP contribution in [0.4, 0.5) is 5.82 Å². The Hall–Kier alpha value is -2.80. The monoisotopic (exact) mass is 404 g/mol. The fraction of sp³-hybridized carbons (Fsp3) is 0.529. The molecule has 0 aromatic carbocycles. The largest absolute Gasteiger partial charge is 0.418 e. The van der Waals surface area contributed by atoms with Crippen LogP contribution in [-0.2, 0) is 16.0 Å². The predicted molar refractivity (Wildman–Crippen MR) is 97.1 cm³/mol. The van der Waals surface area contributed by atoms with Crippen LogP contribution in [0.5, 0.6) is 0 Å². The van der Waals surface area contributed by atoms with Gasteiger partial charge in [0.2, 0.25) is 0 Å². The summed E-state index contributed by atoms with van der Waals surface area (Å²) in [5.41, 5.74) is 0.984. The number of aliphatic hydroxyl groups is 2. The average molecular weight is 404 g/mol. The van der Waals surface area contributed by atoms with E-state index in [1.165, 1.54) is 29.7 Å². The fourth-order valence-corrected chi connectivity index (χ4v) is 3.72. The minimum Gasteiger partial charge on any atom is -0.416 e. The lowest BCUT2D eigenvalue weighted by atomic mass is 10.1. The molecule has 3 aromatic rings. The fourth-order valence-electron chi connectivity index (χ4n) is 3.72. The van der Waals surface area contributed by atoms with Crippen molar-refractivity contribution in [2.75, 3.05) is 18.5 Å². The Labute approximate surface area is 163 Å². The Kier molecular flexibility index (Phi) is 4.54. The lowest BCUT2D eigenvalue weighted by Crippen LogP contribution is -2.35. The molecule has 2 saturated heterocycles. The van der Waals surface area contributed by atoms with Gasteiger partial charge < -0.3 is 29.4 Å². The minimum absolute atomic E-state index is 0.0418. The van der Waals surface area contributed by atoms with Crippen LogP contribution in [0.25, 0.3) is 11.2 Å². The lowest BCUT2D eigenvalue weighted by Gasteiger charge is -2.17. The average Bonchev–Trinajstić information content (AvgIpc) is 3.49. The van der Waals surface area contributed by atoms with Crippen molar-refractivity contribution in [2.24, 2.45) is 0 Å². The summed E-state index contributed by atoms with van der Waals surface area (Å²) in [4.78, 5) is 24.5. The highest BCUT2D eigenvalue weighted by Crippen LogP contribution is 2.33. The number of nitrogens with zero attached hydrogens (tertiary/aromatic N) is 5. The van der Waals surface area contributed by atoms with E-state index in [1.54, 1.807) is 4.57 Å². The van der Waals surface area contributed by atoms with Gasteiger partial charge in [-0.3, -0.25) is 9.13 Å². The van der Waals surface area contributed by atoms with Gasteiger partial charge in [0.1, 0.15) is 30.9 Å². The molecule has 3 aromatic heterocycles. The van der Waals surface area contributed by atoms with E-state index in [9.17, 15) is 15.0 Å². The third-order valence-corrected chi connectivity index (χ3v) is 5.26. The van der Waals surface area contributed by atoms with Gasteiger partial charge in [-0.05, 0) is 6.42 Å². The number of imidazole rings is 1. The Morgan fingerprint density at radius 1 is 1.24 bits per heavy atom. The van der Waals surface area contributed by atoms with Crippen LogP contribution in [0.2, 0.25) is 0 Å². The van der Waals surface area contributed by atoms with Crippen LogP contribution < -0.4 is 11.1 Å². The smallest absolute Gasteiger partial charge is 0.416 e. The molecule has 0 spiro atoms. The number of fused-ring (bicyclic) bond motifs is 1. The number of hydrogen-bond donors (Lipinski definition) is 3. The highest BCUT2D eigenvalue weighted by atomic mass is 16.6. The quantitative estimate of drug-likeness (QED) is 0.488. The van der Waals surface area contributed by atoms with Gasteiger partial charge in [0.05, 0.1) is 25.5 Å². The molecule has 12 nitrogen and oxygen atoms in total. The molecule has 2 aliphatic heterocycles. The van der Waals surface area contributed by atoms with E-state index >= 15 is 0 Å². The second-order valence-corrected chi connectivity index (χ2v) is 7.12. The van der Waals surface area contributed by atoms with Crippen LogP contribution >= 0.6 is 0 Å². The van der Waals surface area contributed by atoms with E-state index in [0.29, 0.717) is 30.2 Å². The molecule has 0 bridgehead atoms. The molecule has 5 heterocycles. The number of ether oxygens (including phenoxy) is 2. The molecule has 5 unspecified atom stereocenters. The van der Waals surface area contributed by atoms with E-state index in [1.807, 2.05) is 0 Å². The molecule has 5 atom stereocenters. The van der Waals surface area contributed by atoms with Crippen molar-refractivity contribution in [2.45, 2.75) is 43.5 Å². The second-order valence-electron chi connectivity index (χ2n) is 7.12. The van der Waals surface area contributed by atoms with E-state index < -0.39 is 30.3 Å². The zero-order chi connectivity index (χ0) is 20.0. The maximum atomic E-state index is 11.6. The second kappa shape index (κ2) is 7.22. The lowest BCUT2D eigenvalue weighted by molar-refractivity contribution is -0.0397. The third kappa shape index (κ3) is 3.19. The molecule has 3 N–H and O–H groups in total. The van der Waals surface area contributed by atoms with E-state index in [-0.39, 0.29) is 12.6 Å². The minimum atomic E-state index is -1.23. The van der Waals surface area contributed by atoms with Crippen molar-refractivity contribution in [1.82, 2.24) is 24.1 Å². The van der Waals surface area contributed by atoms with Gasteiger partial charge in [-0.2, -0.15) is 0 Å². The summed E-state index contributed by atoms with van der Waals surface area (Å²) in [6.45, 7) is 1.33. The van der Waals surface area contributed by atoms with E-state index in [2.05, 4.69) is 20.3 Å². The van der Waals surface area contributed by atoms with Crippen molar-refractivity contribution in [1.29, 1.82) is 0 Å². The van der Waals surface area contributed by atoms with Gasteiger partial charge in [0.25, 0.3) is 0 Å². The molecule has 154 valence electrons. The van der Waals surface area contributed by atoms with Crippen LogP contribution in [0.3, 0.4) is 0 Å². The van der Waals surface area contributed by atoms with Crippen LogP contribution in [0.15, 0.2) is 34.3 Å². The molecule has 0 radical (unpaired) electrons. The predicted octanol–water partition coefficient (Wildman–Crippen LogP) is -0.899. The van der Waals surface area contributed by atoms with Crippen molar-refractivity contribution >= 4 is 17.0 Å². The van der Waals surface area contributed by atoms with Crippen LogP contribution in [0.1, 0.15) is 12.6 Å². The topological polar surface area (TPSA) is 150 Å². The number of hydrogen-bond acceptors (Lipinski definition) is 10. The summed E-state index contributed by atoms with van der Waals surface area (Å²) < 4.78 is 18.8. The Bertz CT molecular complexity index is 1060. The van der Waals surface area contributed by atoms with Gasteiger partial charge in [-0.15, -0.1) is 0 Å². The van der Waals surface area contributed by atoms with Crippen molar-refractivity contribution in [3.63, 3.8) is 0 Å². The molecular weight excluding hydrogens is 384 g/mol. The van der Waals surface area contributed by atoms with Gasteiger partial charge in [-0.1, -0.05) is 0 Å². The standard InChI is InChI=1S/C17H20N6O6/c24-12-10(5-22-2-4-28-17(22)26)29-16(13(12)25)23-8-20-11-14(18-7-19-15(11)23)21-9-1-3-27-6-9/h2,4,7-10,12-13,16,24-25H,1,3,5-6H2,(H,18,19,21). The number of nitrogens with one attached hydrogen (secondary N) is 1. The van der Waals surface area contributed by atoms with Gasteiger partial charge in [-0.25, -0.2) is 19.7 Å². The molecule has 29 heavy (non-hydrogen) atoms. The van der Waals surface area contributed by atoms with Crippen LogP contribution in [0, 0.1) is 0 Å². The molecule has 2 aliphatic rings. The zero-order valence-corrected chi connectivity index (χ0v) is 15.3. The molecule has 12 heteroatoms. The summed E-state index contributed by atoms with van der Waals surface area (Å²) in [6, 6.07) is 0.144. The first-order valence-electron chi connectivity index (χ1n) is 9.29. The first kappa shape index (κ1) is 18.2. The third-order valence-electron chi connectivity index (χ3n) is 5.26. The SMILES string of the molecule is O=c1occn1CC1OC(n2cnc3c(NC4CCOC4)ncnc32)C(O)C1O. The normalized spacial score (nSPS) is 29.7. The summed E-state index contributed by atoms with van der Waals surface area (Å²) in [5.74, 6) is 0.00459. The number of oxazole rings is 1. The molecule has 2 fully saturated rings. The van der Waals surface area contributed by atoms with Crippen molar-refractivity contribution in [3.05, 3.63) is 35.7 Å².